The van der Waals surface area contributed by atoms with E-state index in [4.69, 9.17) is 15.0 Å². The average Bonchev–Trinajstić information content (AvgIpc) is 2.23. The van der Waals surface area contributed by atoms with E-state index in [0.717, 1.165) is 5.46 Å². The molecule has 0 bridgehead atoms. The molecule has 0 spiro atoms. The first-order valence-electron chi connectivity index (χ1n) is 5.83. The lowest BCUT2D eigenvalue weighted by Gasteiger charge is -2.47. The molecule has 0 aromatic carbocycles. The van der Waals surface area contributed by atoms with Gasteiger partial charge >= 0.3 is 7.12 Å². The number of nitrogen functional groups attached to an aromatic ring is 1. The van der Waals surface area contributed by atoms with Gasteiger partial charge in [0.05, 0.1) is 5.60 Å². The Morgan fingerprint density at radius 1 is 1.29 bits per heavy atom. The first-order chi connectivity index (χ1) is 7.82. The van der Waals surface area contributed by atoms with Gasteiger partial charge in [-0.2, -0.15) is 0 Å². The van der Waals surface area contributed by atoms with E-state index < -0.39 is 0 Å². The molecule has 0 amide bonds. The summed E-state index contributed by atoms with van der Waals surface area (Å²) in [6.07, 6.45) is 1.70. The third-order valence-electron chi connectivity index (χ3n) is 3.71. The van der Waals surface area contributed by atoms with Crippen LogP contribution in [0.5, 0.6) is 0 Å². The normalized spacial score (nSPS) is 22.5. The Hall–Kier alpha value is -1.07. The van der Waals surface area contributed by atoms with Gasteiger partial charge < -0.3 is 15.0 Å². The minimum absolute atomic E-state index is 0.00919. The topological polar surface area (TPSA) is 57.4 Å². The summed E-state index contributed by atoms with van der Waals surface area (Å²) in [5.41, 5.74) is 6.22. The smallest absolute Gasteiger partial charge is 0.407 e. The zero-order chi connectivity index (χ0) is 12.7. The quantitative estimate of drug-likeness (QED) is 0.742. The zero-order valence-corrected chi connectivity index (χ0v) is 10.9. The Kier molecular flexibility index (Phi) is 2.91. The molecule has 2 rings (SSSR count). The second-order valence-electron chi connectivity index (χ2n) is 5.67. The van der Waals surface area contributed by atoms with Gasteiger partial charge in [0.25, 0.3) is 0 Å². The molecule has 1 aromatic heterocycles. The second kappa shape index (κ2) is 4.00. The van der Waals surface area contributed by atoms with Crippen LogP contribution in [-0.2, 0) is 9.31 Å². The van der Waals surface area contributed by atoms with E-state index >= 15 is 0 Å². The van der Waals surface area contributed by atoms with Gasteiger partial charge in [0, 0.05) is 23.7 Å². The standard InChI is InChI=1S/C12H19BN2O2/c1-11(2)8-16-13(17-12(11,3)4)9-5-6-10(14)15-7-9/h5-7H,8H2,1-4H3,(H2,14,15). The maximum absolute atomic E-state index is 6.01. The van der Waals surface area contributed by atoms with Crippen molar-refractivity contribution in [3.05, 3.63) is 18.3 Å². The average molecular weight is 234 g/mol. The van der Waals surface area contributed by atoms with E-state index in [1.54, 1.807) is 12.3 Å². The largest absolute Gasteiger partial charge is 0.495 e. The van der Waals surface area contributed by atoms with E-state index in [9.17, 15) is 0 Å². The van der Waals surface area contributed by atoms with Gasteiger partial charge in [-0.1, -0.05) is 19.9 Å². The fourth-order valence-corrected chi connectivity index (χ4v) is 1.64. The fourth-order valence-electron chi connectivity index (χ4n) is 1.64. The van der Waals surface area contributed by atoms with Crippen molar-refractivity contribution in [1.29, 1.82) is 0 Å². The Morgan fingerprint density at radius 2 is 2.00 bits per heavy atom. The highest BCUT2D eigenvalue weighted by Gasteiger charge is 2.46. The molecule has 2 N–H and O–H groups in total. The number of hydrogen-bond donors (Lipinski definition) is 1. The molecule has 1 fully saturated rings. The van der Waals surface area contributed by atoms with Crippen LogP contribution in [0.1, 0.15) is 27.7 Å². The number of nitrogens with zero attached hydrogens (tertiary/aromatic N) is 1. The summed E-state index contributed by atoms with van der Waals surface area (Å²) in [6.45, 7) is 9.13. The van der Waals surface area contributed by atoms with Crippen LogP contribution in [0.2, 0.25) is 0 Å². The van der Waals surface area contributed by atoms with Crippen LogP contribution >= 0.6 is 0 Å². The van der Waals surface area contributed by atoms with E-state index in [-0.39, 0.29) is 18.1 Å². The maximum Gasteiger partial charge on any atom is 0.495 e. The van der Waals surface area contributed by atoms with E-state index in [1.807, 2.05) is 6.07 Å². The lowest BCUT2D eigenvalue weighted by atomic mass is 9.69. The molecule has 1 aromatic rings. The summed E-state index contributed by atoms with van der Waals surface area (Å²) < 4.78 is 11.8. The van der Waals surface area contributed by atoms with Crippen LogP contribution in [0.25, 0.3) is 0 Å². The molecule has 0 aliphatic carbocycles. The number of hydrogen-bond acceptors (Lipinski definition) is 4. The molecule has 0 saturated carbocycles. The number of pyridine rings is 1. The number of anilines is 1. The highest BCUT2D eigenvalue weighted by Crippen LogP contribution is 2.37. The summed E-state index contributed by atoms with van der Waals surface area (Å²) in [5, 5.41) is 0. The molecular weight excluding hydrogens is 215 g/mol. The first kappa shape index (κ1) is 12.4. The summed E-state index contributed by atoms with van der Waals surface area (Å²) in [6, 6.07) is 3.65. The molecule has 4 nitrogen and oxygen atoms in total. The molecule has 1 aliphatic rings. The predicted octanol–water partition coefficient (Wildman–Crippen LogP) is 1.21. The van der Waals surface area contributed by atoms with Crippen molar-refractivity contribution in [2.75, 3.05) is 12.3 Å². The highest BCUT2D eigenvalue weighted by atomic mass is 16.6. The highest BCUT2D eigenvalue weighted by molar-refractivity contribution is 6.61. The van der Waals surface area contributed by atoms with Gasteiger partial charge in [-0.25, -0.2) is 4.98 Å². The van der Waals surface area contributed by atoms with Crippen LogP contribution in [0.4, 0.5) is 5.82 Å². The number of nitrogens with two attached hydrogens (primary N) is 1. The van der Waals surface area contributed by atoms with E-state index in [2.05, 4.69) is 32.7 Å². The molecule has 5 heteroatoms. The second-order valence-corrected chi connectivity index (χ2v) is 5.67. The SMILES string of the molecule is CC1(C)COB(c2ccc(N)nc2)OC1(C)C. The lowest BCUT2D eigenvalue weighted by Crippen LogP contribution is -2.58. The van der Waals surface area contributed by atoms with Gasteiger partial charge in [0.15, 0.2) is 0 Å². The monoisotopic (exact) mass is 234 g/mol. The van der Waals surface area contributed by atoms with Gasteiger partial charge in [-0.3, -0.25) is 0 Å². The Morgan fingerprint density at radius 3 is 2.53 bits per heavy atom. The summed E-state index contributed by atoms with van der Waals surface area (Å²) in [7, 11) is -0.355. The van der Waals surface area contributed by atoms with Gasteiger partial charge in [0.2, 0.25) is 0 Å². The molecule has 1 aliphatic heterocycles. The third-order valence-corrected chi connectivity index (χ3v) is 3.71. The van der Waals surface area contributed by atoms with Crippen LogP contribution < -0.4 is 11.2 Å². The Balaban J connectivity index is 2.18. The zero-order valence-electron chi connectivity index (χ0n) is 10.9. The van der Waals surface area contributed by atoms with E-state index in [0.29, 0.717) is 12.4 Å². The fraction of sp³-hybridized carbons (Fsp3) is 0.583. The van der Waals surface area contributed by atoms with Crippen molar-refractivity contribution < 1.29 is 9.31 Å². The van der Waals surface area contributed by atoms with Crippen molar-refractivity contribution in [2.45, 2.75) is 33.3 Å². The minimum atomic E-state index is -0.355. The summed E-state index contributed by atoms with van der Waals surface area (Å²) in [5.74, 6) is 0.504. The third kappa shape index (κ3) is 2.30. The van der Waals surface area contributed by atoms with Crippen LogP contribution in [0, 0.1) is 5.41 Å². The summed E-state index contributed by atoms with van der Waals surface area (Å²) >= 11 is 0. The van der Waals surface area contributed by atoms with Crippen LogP contribution in [-0.4, -0.2) is 24.3 Å². The first-order valence-corrected chi connectivity index (χ1v) is 5.83. The molecule has 0 radical (unpaired) electrons. The van der Waals surface area contributed by atoms with Crippen molar-refractivity contribution in [3.63, 3.8) is 0 Å². The Labute approximate surface area is 103 Å². The molecular formula is C12H19BN2O2. The number of aromatic nitrogens is 1. The molecule has 92 valence electrons. The molecule has 0 atom stereocenters. The van der Waals surface area contributed by atoms with Crippen molar-refractivity contribution in [2.24, 2.45) is 5.41 Å². The van der Waals surface area contributed by atoms with Crippen LogP contribution in [0.3, 0.4) is 0 Å². The molecule has 0 unspecified atom stereocenters. The molecule has 1 saturated heterocycles. The minimum Gasteiger partial charge on any atom is -0.407 e. The summed E-state index contributed by atoms with van der Waals surface area (Å²) in [4.78, 5) is 4.06. The Bertz CT molecular complexity index is 403. The maximum atomic E-state index is 6.01. The molecule has 2 heterocycles. The van der Waals surface area contributed by atoms with Crippen molar-refractivity contribution >= 4 is 18.4 Å². The van der Waals surface area contributed by atoms with Crippen LogP contribution in [0.15, 0.2) is 18.3 Å². The lowest BCUT2D eigenvalue weighted by molar-refractivity contribution is -0.0937. The van der Waals surface area contributed by atoms with Gasteiger partial charge in [-0.05, 0) is 19.9 Å². The molecule has 17 heavy (non-hydrogen) atoms. The number of rotatable bonds is 1. The predicted molar refractivity (Wildman–Crippen MR) is 68.9 cm³/mol. The van der Waals surface area contributed by atoms with Crippen molar-refractivity contribution in [1.82, 2.24) is 4.98 Å². The van der Waals surface area contributed by atoms with Crippen molar-refractivity contribution in [3.8, 4) is 0 Å². The van der Waals surface area contributed by atoms with E-state index in [1.165, 1.54) is 0 Å². The van der Waals surface area contributed by atoms with Gasteiger partial charge in [-0.15, -0.1) is 0 Å². The van der Waals surface area contributed by atoms with Gasteiger partial charge in [0.1, 0.15) is 5.82 Å².